The number of nitrogens with zero attached hydrogens (tertiary/aromatic N) is 1. The monoisotopic (exact) mass is 181 g/mol. The second kappa shape index (κ2) is 3.19. The van der Waals surface area contributed by atoms with E-state index in [1.807, 2.05) is 11.3 Å². The molecule has 0 saturated carbocycles. The van der Waals surface area contributed by atoms with Gasteiger partial charge in [-0.15, -0.1) is 11.3 Å². The first-order valence-corrected chi connectivity index (χ1v) is 5.40. The summed E-state index contributed by atoms with van der Waals surface area (Å²) in [6.45, 7) is 4.76. The highest BCUT2D eigenvalue weighted by Gasteiger charge is 2.17. The Bertz CT molecular complexity index is 267. The first-order chi connectivity index (χ1) is 5.77. The van der Waals surface area contributed by atoms with Crippen LogP contribution in [0, 0.1) is 0 Å². The van der Waals surface area contributed by atoms with E-state index in [4.69, 9.17) is 0 Å². The van der Waals surface area contributed by atoms with Crippen LogP contribution in [0.2, 0.25) is 0 Å². The molecule has 66 valence electrons. The summed E-state index contributed by atoms with van der Waals surface area (Å²) in [7, 11) is 2.22. The molecule has 2 rings (SSSR count). The molecule has 0 N–H and O–H groups in total. The van der Waals surface area contributed by atoms with Gasteiger partial charge in [-0.3, -0.25) is 0 Å². The lowest BCUT2D eigenvalue weighted by molar-refractivity contribution is 0.332. The van der Waals surface area contributed by atoms with Crippen LogP contribution in [0.4, 0.5) is 0 Å². The number of fused-ring (bicyclic) bond motifs is 1. The van der Waals surface area contributed by atoms with Gasteiger partial charge in [-0.05, 0) is 36.4 Å². The molecule has 0 spiro atoms. The summed E-state index contributed by atoms with van der Waals surface area (Å²) >= 11 is 1.92. The van der Waals surface area contributed by atoms with Gasteiger partial charge >= 0.3 is 0 Å². The molecule has 0 bridgehead atoms. The fourth-order valence-electron chi connectivity index (χ4n) is 1.94. The van der Waals surface area contributed by atoms with Crippen LogP contribution in [0.5, 0.6) is 0 Å². The lowest BCUT2D eigenvalue weighted by atomic mass is 10.0. The quantitative estimate of drug-likeness (QED) is 0.594. The van der Waals surface area contributed by atoms with Crippen LogP contribution in [0.15, 0.2) is 11.4 Å². The van der Waals surface area contributed by atoms with Crippen LogP contribution < -0.4 is 0 Å². The fourth-order valence-corrected chi connectivity index (χ4v) is 2.94. The van der Waals surface area contributed by atoms with Gasteiger partial charge in [-0.25, -0.2) is 0 Å². The zero-order valence-corrected chi connectivity index (χ0v) is 8.53. The van der Waals surface area contributed by atoms with Gasteiger partial charge in [-0.2, -0.15) is 0 Å². The molecule has 1 atom stereocenters. The number of hydrogen-bond acceptors (Lipinski definition) is 2. The first-order valence-electron chi connectivity index (χ1n) is 4.52. The zero-order chi connectivity index (χ0) is 8.55. The average Bonchev–Trinajstić information content (AvgIpc) is 2.43. The van der Waals surface area contributed by atoms with E-state index >= 15 is 0 Å². The van der Waals surface area contributed by atoms with Crippen molar-refractivity contribution in [2.75, 3.05) is 20.1 Å². The molecule has 2 heteroatoms. The predicted octanol–water partition coefficient (Wildman–Crippen LogP) is 2.34. The molecule has 1 aliphatic heterocycles. The van der Waals surface area contributed by atoms with Gasteiger partial charge in [0.1, 0.15) is 0 Å². The van der Waals surface area contributed by atoms with Crippen LogP contribution >= 0.6 is 11.3 Å². The van der Waals surface area contributed by atoms with Gasteiger partial charge in [0.25, 0.3) is 0 Å². The third-order valence-corrected chi connectivity index (χ3v) is 3.61. The van der Waals surface area contributed by atoms with Gasteiger partial charge < -0.3 is 4.90 Å². The van der Waals surface area contributed by atoms with Gasteiger partial charge in [-0.1, -0.05) is 6.92 Å². The molecule has 1 aromatic rings. The van der Waals surface area contributed by atoms with Crippen LogP contribution in [-0.2, 0) is 6.42 Å². The minimum atomic E-state index is 0.721. The van der Waals surface area contributed by atoms with Crippen molar-refractivity contribution in [2.24, 2.45) is 0 Å². The van der Waals surface area contributed by atoms with E-state index in [0.29, 0.717) is 0 Å². The Morgan fingerprint density at radius 2 is 2.42 bits per heavy atom. The van der Waals surface area contributed by atoms with Crippen molar-refractivity contribution in [3.63, 3.8) is 0 Å². The van der Waals surface area contributed by atoms with Crippen molar-refractivity contribution in [3.8, 4) is 0 Å². The highest BCUT2D eigenvalue weighted by atomic mass is 32.1. The van der Waals surface area contributed by atoms with Crippen LogP contribution in [0.25, 0.3) is 0 Å². The van der Waals surface area contributed by atoms with Gasteiger partial charge in [0.15, 0.2) is 0 Å². The Morgan fingerprint density at radius 1 is 1.58 bits per heavy atom. The maximum absolute atomic E-state index is 2.43. The molecular weight excluding hydrogens is 166 g/mol. The SMILES string of the molecule is CC1CN(C)CCc2sccc21. The molecular formula is C10H15NS. The minimum Gasteiger partial charge on any atom is -0.305 e. The van der Waals surface area contributed by atoms with E-state index in [1.165, 1.54) is 19.5 Å². The second-order valence-electron chi connectivity index (χ2n) is 3.71. The normalized spacial score (nSPS) is 25.0. The summed E-state index contributed by atoms with van der Waals surface area (Å²) in [6, 6.07) is 2.30. The summed E-state index contributed by atoms with van der Waals surface area (Å²) in [5.41, 5.74) is 1.59. The summed E-state index contributed by atoms with van der Waals surface area (Å²) in [4.78, 5) is 4.03. The fraction of sp³-hybridized carbons (Fsp3) is 0.600. The smallest absolute Gasteiger partial charge is 0.00931 e. The summed E-state index contributed by atoms with van der Waals surface area (Å²) in [5.74, 6) is 0.721. The maximum atomic E-state index is 2.43. The largest absolute Gasteiger partial charge is 0.305 e. The Kier molecular flexibility index (Phi) is 2.20. The van der Waals surface area contributed by atoms with Crippen molar-refractivity contribution in [3.05, 3.63) is 21.9 Å². The topological polar surface area (TPSA) is 3.24 Å². The van der Waals surface area contributed by atoms with Gasteiger partial charge in [0, 0.05) is 18.0 Å². The van der Waals surface area contributed by atoms with E-state index in [0.717, 1.165) is 5.92 Å². The number of hydrogen-bond donors (Lipinski definition) is 0. The molecule has 0 amide bonds. The molecule has 0 fully saturated rings. The van der Waals surface area contributed by atoms with Crippen molar-refractivity contribution >= 4 is 11.3 Å². The second-order valence-corrected chi connectivity index (χ2v) is 4.71. The van der Waals surface area contributed by atoms with E-state index < -0.39 is 0 Å². The molecule has 1 nitrogen and oxygen atoms in total. The molecule has 0 aliphatic carbocycles. The van der Waals surface area contributed by atoms with Crippen molar-refractivity contribution in [1.29, 1.82) is 0 Å². The Hall–Kier alpha value is -0.340. The zero-order valence-electron chi connectivity index (χ0n) is 7.71. The van der Waals surface area contributed by atoms with Crippen LogP contribution in [0.3, 0.4) is 0 Å². The van der Waals surface area contributed by atoms with Crippen molar-refractivity contribution in [2.45, 2.75) is 19.3 Å². The van der Waals surface area contributed by atoms with Crippen LogP contribution in [-0.4, -0.2) is 25.0 Å². The van der Waals surface area contributed by atoms with E-state index in [2.05, 4.69) is 30.3 Å². The molecule has 2 heterocycles. The van der Waals surface area contributed by atoms with Crippen molar-refractivity contribution in [1.82, 2.24) is 4.90 Å². The molecule has 1 unspecified atom stereocenters. The van der Waals surface area contributed by atoms with Gasteiger partial charge in [0.2, 0.25) is 0 Å². The predicted molar refractivity (Wildman–Crippen MR) is 53.9 cm³/mol. The maximum Gasteiger partial charge on any atom is 0.00931 e. The molecule has 0 aromatic carbocycles. The van der Waals surface area contributed by atoms with E-state index in [9.17, 15) is 0 Å². The highest BCUT2D eigenvalue weighted by molar-refractivity contribution is 7.10. The van der Waals surface area contributed by atoms with Gasteiger partial charge in [0.05, 0.1) is 0 Å². The molecule has 0 saturated heterocycles. The van der Waals surface area contributed by atoms with Crippen molar-refractivity contribution < 1.29 is 0 Å². The highest BCUT2D eigenvalue weighted by Crippen LogP contribution is 2.28. The third-order valence-electron chi connectivity index (χ3n) is 2.62. The molecule has 12 heavy (non-hydrogen) atoms. The Balaban J connectivity index is 2.29. The summed E-state index contributed by atoms with van der Waals surface area (Å²) in [5, 5.41) is 2.23. The first kappa shape index (κ1) is 8.27. The summed E-state index contributed by atoms with van der Waals surface area (Å²) in [6.07, 6.45) is 1.24. The number of likely N-dealkylation sites (N-methyl/N-ethyl adjacent to an activating group) is 1. The Labute approximate surface area is 78.0 Å². The third kappa shape index (κ3) is 1.41. The lowest BCUT2D eigenvalue weighted by Crippen LogP contribution is -2.22. The molecule has 1 aromatic heterocycles. The minimum absolute atomic E-state index is 0.721. The molecule has 0 radical (unpaired) electrons. The number of rotatable bonds is 0. The lowest BCUT2D eigenvalue weighted by Gasteiger charge is -2.16. The van der Waals surface area contributed by atoms with Crippen LogP contribution in [0.1, 0.15) is 23.3 Å². The standard InChI is InChI=1S/C10H15NS/c1-8-7-11(2)5-3-10-9(8)4-6-12-10/h4,6,8H,3,5,7H2,1-2H3. The van der Waals surface area contributed by atoms with E-state index in [-0.39, 0.29) is 0 Å². The average molecular weight is 181 g/mol. The summed E-state index contributed by atoms with van der Waals surface area (Å²) < 4.78 is 0. The molecule has 1 aliphatic rings. The number of thiophene rings is 1. The Morgan fingerprint density at radius 3 is 3.25 bits per heavy atom. The van der Waals surface area contributed by atoms with E-state index in [1.54, 1.807) is 10.4 Å².